The van der Waals surface area contributed by atoms with Gasteiger partial charge in [-0.05, 0) is 50.3 Å². The lowest BCUT2D eigenvalue weighted by atomic mass is 10.3. The van der Waals surface area contributed by atoms with Gasteiger partial charge in [0, 0.05) is 17.9 Å². The van der Waals surface area contributed by atoms with Crippen molar-refractivity contribution >= 4 is 45.3 Å². The highest BCUT2D eigenvalue weighted by atomic mass is 79.9. The minimum Gasteiger partial charge on any atom is -0.399 e. The molecule has 0 aromatic heterocycles. The number of nitrogen functional groups attached to an aromatic ring is 1. The first-order chi connectivity index (χ1) is 7.76. The fourth-order valence-electron chi connectivity index (χ4n) is 1.68. The molecule has 0 fully saturated rings. The second-order valence-electron chi connectivity index (χ2n) is 3.93. The highest BCUT2D eigenvalue weighted by Gasteiger charge is 1.97. The maximum absolute atomic E-state index is 5.62. The standard InChI is InChI=1S/C13H23N3.2BrH/c1-3-16(4-2)11-5-10-15-13-8-6-12(14)7-9-13;;/h6-9,15H,3-5,10-11,14H2,1-2H3;2*1H. The summed E-state index contributed by atoms with van der Waals surface area (Å²) < 4.78 is 0. The molecule has 0 aliphatic carbocycles. The van der Waals surface area contributed by atoms with E-state index < -0.39 is 0 Å². The number of halogens is 2. The van der Waals surface area contributed by atoms with E-state index in [9.17, 15) is 0 Å². The molecule has 3 N–H and O–H groups in total. The molecule has 106 valence electrons. The van der Waals surface area contributed by atoms with Crippen LogP contribution in [-0.2, 0) is 0 Å². The molecule has 1 rings (SSSR count). The molecule has 0 unspecified atom stereocenters. The normalized spacial score (nSPS) is 9.50. The number of nitrogens with two attached hydrogens (primary N) is 1. The topological polar surface area (TPSA) is 41.3 Å². The molecule has 0 aliphatic heterocycles. The third-order valence-electron chi connectivity index (χ3n) is 2.79. The molecule has 1 aromatic carbocycles. The Kier molecular flexibility index (Phi) is 13.2. The first-order valence-corrected chi connectivity index (χ1v) is 6.08. The van der Waals surface area contributed by atoms with Crippen LogP contribution >= 0.6 is 34.0 Å². The van der Waals surface area contributed by atoms with E-state index in [0.717, 1.165) is 37.6 Å². The van der Waals surface area contributed by atoms with Crippen LogP contribution in [0.3, 0.4) is 0 Å². The van der Waals surface area contributed by atoms with Gasteiger partial charge in [-0.1, -0.05) is 13.8 Å². The van der Waals surface area contributed by atoms with Crippen molar-refractivity contribution in [1.29, 1.82) is 0 Å². The molecule has 0 aliphatic rings. The predicted octanol–water partition coefficient (Wildman–Crippen LogP) is 3.57. The highest BCUT2D eigenvalue weighted by molar-refractivity contribution is 8.93. The highest BCUT2D eigenvalue weighted by Crippen LogP contribution is 2.10. The van der Waals surface area contributed by atoms with Gasteiger partial charge in [0.25, 0.3) is 0 Å². The largest absolute Gasteiger partial charge is 0.399 e. The number of nitrogens with zero attached hydrogens (tertiary/aromatic N) is 1. The summed E-state index contributed by atoms with van der Waals surface area (Å²) in [5.74, 6) is 0. The molecule has 1 aromatic rings. The fraction of sp³-hybridized carbons (Fsp3) is 0.538. The second-order valence-corrected chi connectivity index (χ2v) is 3.93. The van der Waals surface area contributed by atoms with E-state index >= 15 is 0 Å². The summed E-state index contributed by atoms with van der Waals surface area (Å²) in [4.78, 5) is 2.44. The number of benzene rings is 1. The Labute approximate surface area is 132 Å². The number of rotatable bonds is 7. The van der Waals surface area contributed by atoms with Gasteiger partial charge in [-0.25, -0.2) is 0 Å². The second kappa shape index (κ2) is 11.8. The minimum absolute atomic E-state index is 0. The van der Waals surface area contributed by atoms with E-state index in [1.54, 1.807) is 0 Å². The zero-order chi connectivity index (χ0) is 11.8. The van der Waals surface area contributed by atoms with Gasteiger partial charge < -0.3 is 16.0 Å². The first-order valence-electron chi connectivity index (χ1n) is 6.08. The Morgan fingerprint density at radius 2 is 1.61 bits per heavy atom. The molecule has 0 spiro atoms. The molecule has 3 nitrogen and oxygen atoms in total. The molecule has 0 saturated heterocycles. The average molecular weight is 383 g/mol. The number of anilines is 2. The van der Waals surface area contributed by atoms with Gasteiger partial charge in [0.05, 0.1) is 0 Å². The van der Waals surface area contributed by atoms with E-state index in [-0.39, 0.29) is 34.0 Å². The van der Waals surface area contributed by atoms with Crippen LogP contribution in [0.25, 0.3) is 0 Å². The van der Waals surface area contributed by atoms with Crippen LogP contribution in [0.5, 0.6) is 0 Å². The summed E-state index contributed by atoms with van der Waals surface area (Å²) in [6, 6.07) is 7.89. The van der Waals surface area contributed by atoms with Crippen LogP contribution in [0.2, 0.25) is 0 Å². The third kappa shape index (κ3) is 7.95. The molecule has 0 amide bonds. The van der Waals surface area contributed by atoms with Gasteiger partial charge in [-0.15, -0.1) is 34.0 Å². The lowest BCUT2D eigenvalue weighted by Crippen LogP contribution is -2.25. The zero-order valence-corrected chi connectivity index (χ0v) is 14.6. The lowest BCUT2D eigenvalue weighted by Gasteiger charge is -2.17. The minimum atomic E-state index is 0. The van der Waals surface area contributed by atoms with Crippen LogP contribution in [0.1, 0.15) is 20.3 Å². The zero-order valence-electron chi connectivity index (χ0n) is 11.2. The summed E-state index contributed by atoms with van der Waals surface area (Å²) in [6.07, 6.45) is 1.17. The molecular formula is C13H25Br2N3. The molecule has 0 atom stereocenters. The number of nitrogens with one attached hydrogen (secondary N) is 1. The average Bonchev–Trinajstić information content (AvgIpc) is 2.32. The van der Waals surface area contributed by atoms with E-state index in [2.05, 4.69) is 24.1 Å². The van der Waals surface area contributed by atoms with Gasteiger partial charge in [-0.2, -0.15) is 0 Å². The van der Waals surface area contributed by atoms with Crippen LogP contribution in [0.15, 0.2) is 24.3 Å². The van der Waals surface area contributed by atoms with Crippen LogP contribution in [0.4, 0.5) is 11.4 Å². The fourth-order valence-corrected chi connectivity index (χ4v) is 1.68. The first kappa shape index (κ1) is 20.1. The monoisotopic (exact) mass is 381 g/mol. The molecule has 5 heteroatoms. The Bertz CT molecular complexity index is 287. The Morgan fingerprint density at radius 3 is 2.11 bits per heavy atom. The van der Waals surface area contributed by atoms with E-state index in [1.807, 2.05) is 24.3 Å². The van der Waals surface area contributed by atoms with Crippen molar-refractivity contribution in [3.63, 3.8) is 0 Å². The summed E-state index contributed by atoms with van der Waals surface area (Å²) >= 11 is 0. The van der Waals surface area contributed by atoms with Gasteiger partial charge in [0.2, 0.25) is 0 Å². The van der Waals surface area contributed by atoms with Crippen molar-refractivity contribution in [2.75, 3.05) is 37.2 Å². The van der Waals surface area contributed by atoms with E-state index in [0.29, 0.717) is 0 Å². The van der Waals surface area contributed by atoms with Crippen molar-refractivity contribution in [3.8, 4) is 0 Å². The predicted molar refractivity (Wildman–Crippen MR) is 92.4 cm³/mol. The smallest absolute Gasteiger partial charge is 0.0341 e. The van der Waals surface area contributed by atoms with Crippen LogP contribution in [0, 0.1) is 0 Å². The maximum atomic E-state index is 5.62. The molecule has 0 saturated carbocycles. The van der Waals surface area contributed by atoms with Gasteiger partial charge in [-0.3, -0.25) is 0 Å². The molecule has 18 heavy (non-hydrogen) atoms. The molecule has 0 radical (unpaired) electrons. The molecule has 0 bridgehead atoms. The Morgan fingerprint density at radius 1 is 1.06 bits per heavy atom. The number of hydrogen-bond donors (Lipinski definition) is 2. The van der Waals surface area contributed by atoms with Crippen molar-refractivity contribution in [2.24, 2.45) is 0 Å². The van der Waals surface area contributed by atoms with Crippen molar-refractivity contribution in [2.45, 2.75) is 20.3 Å². The van der Waals surface area contributed by atoms with Gasteiger partial charge in [0.1, 0.15) is 0 Å². The summed E-state index contributed by atoms with van der Waals surface area (Å²) in [5, 5.41) is 3.39. The number of hydrogen-bond acceptors (Lipinski definition) is 3. The van der Waals surface area contributed by atoms with Crippen molar-refractivity contribution in [3.05, 3.63) is 24.3 Å². The van der Waals surface area contributed by atoms with Crippen molar-refractivity contribution in [1.82, 2.24) is 4.90 Å². The maximum Gasteiger partial charge on any atom is 0.0341 e. The van der Waals surface area contributed by atoms with Crippen LogP contribution < -0.4 is 11.1 Å². The Balaban J connectivity index is 0. The molecule has 0 heterocycles. The van der Waals surface area contributed by atoms with E-state index in [1.165, 1.54) is 6.42 Å². The summed E-state index contributed by atoms with van der Waals surface area (Å²) in [6.45, 7) is 8.86. The van der Waals surface area contributed by atoms with Crippen LogP contribution in [-0.4, -0.2) is 31.1 Å². The van der Waals surface area contributed by atoms with Crippen molar-refractivity contribution < 1.29 is 0 Å². The quantitative estimate of drug-likeness (QED) is 0.559. The Hall–Kier alpha value is -0.260. The van der Waals surface area contributed by atoms with Gasteiger partial charge in [0.15, 0.2) is 0 Å². The molecular weight excluding hydrogens is 358 g/mol. The lowest BCUT2D eigenvalue weighted by molar-refractivity contribution is 0.303. The summed E-state index contributed by atoms with van der Waals surface area (Å²) in [7, 11) is 0. The van der Waals surface area contributed by atoms with E-state index in [4.69, 9.17) is 5.73 Å². The third-order valence-corrected chi connectivity index (χ3v) is 2.79. The SMILES string of the molecule is Br.Br.CCN(CC)CCCNc1ccc(N)cc1. The summed E-state index contributed by atoms with van der Waals surface area (Å²) in [5.41, 5.74) is 7.58. The van der Waals surface area contributed by atoms with Gasteiger partial charge >= 0.3 is 0 Å².